The summed E-state index contributed by atoms with van der Waals surface area (Å²) in [5.74, 6) is -0.424. The standard InChI is InChI=1S/C48H40N2.Ir/c1-34-30-36(14-13-35-15-17-41(18-16-35)47-12-6-7-28-49-47)32-44(31-34)46-11-5-4-10-45(46)40-23-25-42(26-24-40)48-33-43(27-29-50-48)39-21-19-38(20-22-39)37-8-2-3-9-37;/h4-7,10-12,15-17,19-25,27-33,37H,2-3,8-9,13-14H2,1H3;/q-2;/i37D;. The van der Waals surface area contributed by atoms with E-state index in [4.69, 9.17) is 6.35 Å². The zero-order chi connectivity index (χ0) is 34.6. The van der Waals surface area contributed by atoms with Gasteiger partial charge in [0.05, 0.1) is 0 Å². The van der Waals surface area contributed by atoms with Crippen molar-refractivity contribution >= 4 is 0 Å². The van der Waals surface area contributed by atoms with Crippen molar-refractivity contribution in [3.05, 3.63) is 180 Å². The topological polar surface area (TPSA) is 25.8 Å². The monoisotopic (exact) mass is 838 g/mol. The van der Waals surface area contributed by atoms with Gasteiger partial charge in [-0.3, -0.25) is 0 Å². The summed E-state index contributed by atoms with van der Waals surface area (Å²) in [4.78, 5) is 9.16. The molecular weight excluding hydrogens is 797 g/mol. The number of aryl methyl sites for hydroxylation is 3. The number of benzene rings is 5. The van der Waals surface area contributed by atoms with Crippen LogP contribution in [0.4, 0.5) is 0 Å². The van der Waals surface area contributed by atoms with Gasteiger partial charge in [-0.05, 0) is 89.0 Å². The second-order valence-electron chi connectivity index (χ2n) is 13.4. The first-order valence-corrected chi connectivity index (χ1v) is 17.7. The maximum atomic E-state index is 8.86. The molecule has 0 N–H and O–H groups in total. The molecule has 3 heteroatoms. The van der Waals surface area contributed by atoms with Crippen LogP contribution in [0.25, 0.3) is 55.9 Å². The Bertz CT molecular complexity index is 2260. The Labute approximate surface area is 317 Å². The smallest absolute Gasteiger partial charge is 0.0352 e. The maximum Gasteiger partial charge on any atom is 0.0352 e. The van der Waals surface area contributed by atoms with E-state index >= 15 is 0 Å². The van der Waals surface area contributed by atoms with Crippen LogP contribution in [0.5, 0.6) is 0 Å². The summed E-state index contributed by atoms with van der Waals surface area (Å²) in [5.41, 5.74) is 15.8. The first-order valence-electron chi connectivity index (χ1n) is 18.2. The summed E-state index contributed by atoms with van der Waals surface area (Å²) < 4.78 is 8.86. The van der Waals surface area contributed by atoms with Crippen LogP contribution in [0.3, 0.4) is 0 Å². The fraction of sp³-hybridized carbons (Fsp3) is 0.167. The zero-order valence-corrected chi connectivity index (χ0v) is 31.2. The van der Waals surface area contributed by atoms with Crippen molar-refractivity contribution in [2.24, 2.45) is 0 Å². The molecule has 0 amide bonds. The minimum Gasteiger partial charge on any atom is -0.305 e. The molecule has 0 spiro atoms. The van der Waals surface area contributed by atoms with E-state index in [1.165, 1.54) is 33.4 Å². The van der Waals surface area contributed by atoms with Crippen molar-refractivity contribution in [2.75, 3.05) is 0 Å². The molecule has 0 atom stereocenters. The van der Waals surface area contributed by atoms with Crippen molar-refractivity contribution < 1.29 is 21.5 Å². The predicted octanol–water partition coefficient (Wildman–Crippen LogP) is 12.2. The Balaban J connectivity index is 0.00000420. The summed E-state index contributed by atoms with van der Waals surface area (Å²) in [5, 5.41) is 0. The average molecular weight is 838 g/mol. The first-order chi connectivity index (χ1) is 25.0. The Kier molecular flexibility index (Phi) is 10.4. The van der Waals surface area contributed by atoms with Crippen molar-refractivity contribution in [3.63, 3.8) is 0 Å². The second kappa shape index (κ2) is 15.9. The number of aromatic nitrogens is 2. The number of hydrogen-bond acceptors (Lipinski definition) is 2. The molecule has 5 aromatic carbocycles. The number of hydrogen-bond donors (Lipinski definition) is 0. The first kappa shape index (κ1) is 33.2. The largest absolute Gasteiger partial charge is 0.305 e. The van der Waals surface area contributed by atoms with Crippen LogP contribution in [-0.2, 0) is 32.9 Å². The molecule has 253 valence electrons. The molecule has 51 heavy (non-hydrogen) atoms. The van der Waals surface area contributed by atoms with E-state index in [0.29, 0.717) is 0 Å². The number of rotatable bonds is 9. The summed E-state index contributed by atoms with van der Waals surface area (Å²) in [6.45, 7) is 2.19. The molecule has 1 fully saturated rings. The van der Waals surface area contributed by atoms with Crippen molar-refractivity contribution in [1.29, 1.82) is 0 Å². The molecule has 2 aromatic heterocycles. The molecule has 0 unspecified atom stereocenters. The molecule has 1 aliphatic rings. The van der Waals surface area contributed by atoms with Crippen molar-refractivity contribution in [1.82, 2.24) is 9.97 Å². The van der Waals surface area contributed by atoms with E-state index in [0.717, 1.165) is 83.3 Å². The summed E-state index contributed by atoms with van der Waals surface area (Å²) >= 11 is 0. The van der Waals surface area contributed by atoms with Crippen LogP contribution in [-0.4, -0.2) is 9.97 Å². The third-order valence-corrected chi connectivity index (χ3v) is 9.89. The van der Waals surface area contributed by atoms with Gasteiger partial charge in [0.2, 0.25) is 0 Å². The Hall–Kier alpha value is -4.95. The van der Waals surface area contributed by atoms with E-state index in [1.54, 1.807) is 0 Å². The Morgan fingerprint density at radius 2 is 1.27 bits per heavy atom. The van der Waals surface area contributed by atoms with Gasteiger partial charge in [-0.15, -0.1) is 65.2 Å². The number of nitrogens with zero attached hydrogens (tertiary/aromatic N) is 2. The van der Waals surface area contributed by atoms with Crippen LogP contribution in [0.2, 0.25) is 0 Å². The third-order valence-electron chi connectivity index (χ3n) is 9.89. The van der Waals surface area contributed by atoms with Crippen LogP contribution >= 0.6 is 0 Å². The van der Waals surface area contributed by atoms with Crippen molar-refractivity contribution in [3.8, 4) is 55.9 Å². The van der Waals surface area contributed by atoms with Crippen LogP contribution in [0, 0.1) is 19.1 Å². The maximum absolute atomic E-state index is 8.86. The molecule has 0 saturated heterocycles. The molecule has 8 rings (SSSR count). The van der Waals surface area contributed by atoms with Gasteiger partial charge >= 0.3 is 0 Å². The fourth-order valence-corrected chi connectivity index (χ4v) is 7.23. The Morgan fingerprint density at radius 1 is 0.588 bits per heavy atom. The fourth-order valence-electron chi connectivity index (χ4n) is 7.23. The molecule has 0 aliphatic heterocycles. The number of pyridine rings is 2. The molecule has 2 heterocycles. The van der Waals surface area contributed by atoms with E-state index in [9.17, 15) is 0 Å². The molecule has 1 aliphatic carbocycles. The van der Waals surface area contributed by atoms with Gasteiger partial charge in [-0.2, -0.15) is 0 Å². The van der Waals surface area contributed by atoms with Crippen molar-refractivity contribution in [2.45, 2.75) is 51.3 Å². The Morgan fingerprint density at radius 3 is 2.00 bits per heavy atom. The minimum absolute atomic E-state index is 0. The second-order valence-corrected chi connectivity index (χ2v) is 13.4. The molecule has 1 saturated carbocycles. The zero-order valence-electron chi connectivity index (χ0n) is 29.8. The molecule has 2 nitrogen and oxygen atoms in total. The molecular formula is C48H40IrN2-2. The van der Waals surface area contributed by atoms with Gasteiger partial charge in [0, 0.05) is 33.9 Å². The van der Waals surface area contributed by atoms with Gasteiger partial charge in [-0.1, -0.05) is 121 Å². The van der Waals surface area contributed by atoms with Crippen LogP contribution in [0.1, 0.15) is 55.2 Å². The van der Waals surface area contributed by atoms with E-state index in [2.05, 4.69) is 139 Å². The minimum atomic E-state index is -0.424. The third kappa shape index (κ3) is 8.02. The van der Waals surface area contributed by atoms with Crippen LogP contribution < -0.4 is 0 Å². The summed E-state index contributed by atoms with van der Waals surface area (Å²) in [6, 6.07) is 54.1. The van der Waals surface area contributed by atoms with Gasteiger partial charge in [0.1, 0.15) is 0 Å². The van der Waals surface area contributed by atoms with E-state index in [1.807, 2.05) is 30.6 Å². The van der Waals surface area contributed by atoms with Gasteiger partial charge < -0.3 is 9.97 Å². The SMILES string of the molecule is [2H]C1(c2ccc(-c3ccnc(-c4[c-]cc(-c5ccccc5-c5cc(C)cc(CCc6c[c-]c(-c7ccccn7)cc6)c5)cc4)c3)cc2)CCCC1.[Ir]. The van der Waals surface area contributed by atoms with Gasteiger partial charge in [0.15, 0.2) is 0 Å². The van der Waals surface area contributed by atoms with E-state index < -0.39 is 5.89 Å². The normalized spacial score (nSPS) is 13.7. The summed E-state index contributed by atoms with van der Waals surface area (Å²) in [7, 11) is 0. The summed E-state index contributed by atoms with van der Waals surface area (Å²) in [6.07, 6.45) is 9.82. The van der Waals surface area contributed by atoms with Gasteiger partial charge in [-0.25, -0.2) is 0 Å². The predicted molar refractivity (Wildman–Crippen MR) is 207 cm³/mol. The average Bonchev–Trinajstić information content (AvgIpc) is 3.65. The van der Waals surface area contributed by atoms with Gasteiger partial charge in [0.25, 0.3) is 0 Å². The molecule has 0 bridgehead atoms. The van der Waals surface area contributed by atoms with E-state index in [-0.39, 0.29) is 20.1 Å². The molecule has 1 radical (unpaired) electrons. The molecule has 7 aromatic rings. The quantitative estimate of drug-likeness (QED) is 0.135. The van der Waals surface area contributed by atoms with Crippen LogP contribution in [0.15, 0.2) is 146 Å².